The van der Waals surface area contributed by atoms with Crippen LogP contribution in [0.1, 0.15) is 167 Å². The molecule has 0 heterocycles. The van der Waals surface area contributed by atoms with Crippen molar-refractivity contribution in [2.75, 3.05) is 13.2 Å². The smallest absolute Gasteiger partial charge is 0.462 e. The van der Waals surface area contributed by atoms with E-state index in [9.17, 15) is 44.6 Å². The Morgan fingerprint density at radius 2 is 1.00 bits per heavy atom. The normalized spacial score (nSPS) is 23.3. The lowest BCUT2D eigenvalue weighted by molar-refractivity contribution is -0.220. The Kier molecular flexibility index (Phi) is 28.8. The van der Waals surface area contributed by atoms with Gasteiger partial charge in [0.15, 0.2) is 6.10 Å². The minimum Gasteiger partial charge on any atom is -0.462 e. The van der Waals surface area contributed by atoms with Gasteiger partial charge in [0.2, 0.25) is 0 Å². The molecule has 0 radical (unpaired) electrons. The number of carbonyl (C=O) groups is 2. The second-order valence-electron chi connectivity index (χ2n) is 14.6. The van der Waals surface area contributed by atoms with Gasteiger partial charge in [-0.2, -0.15) is 0 Å². The Bertz CT molecular complexity index is 982. The van der Waals surface area contributed by atoms with Crippen LogP contribution in [0.4, 0.5) is 0 Å². The van der Waals surface area contributed by atoms with Crippen LogP contribution in [0.25, 0.3) is 0 Å². The molecule has 1 aliphatic rings. The molecular weight excluding hydrogens is 707 g/mol. The molecule has 0 bridgehead atoms. The molecule has 1 rings (SSSR count). The number of aliphatic hydroxyl groups excluding tert-OH is 5. The number of hydrogen-bond acceptors (Lipinski definition) is 12. The predicted octanol–water partition coefficient (Wildman–Crippen LogP) is 6.72. The lowest BCUT2D eigenvalue weighted by atomic mass is 9.85. The molecule has 1 aliphatic carbocycles. The van der Waals surface area contributed by atoms with Gasteiger partial charge < -0.3 is 39.9 Å². The molecule has 0 aromatic heterocycles. The number of rotatable bonds is 34. The molecular formula is C39H73O13P. The second kappa shape index (κ2) is 30.8. The molecule has 0 aliphatic heterocycles. The van der Waals surface area contributed by atoms with Crippen molar-refractivity contribution in [3.63, 3.8) is 0 Å². The molecule has 1 saturated carbocycles. The van der Waals surface area contributed by atoms with Gasteiger partial charge in [0.05, 0.1) is 6.61 Å². The number of ether oxygens (including phenoxy) is 2. The van der Waals surface area contributed by atoms with Gasteiger partial charge in [-0.05, 0) is 25.7 Å². The first-order valence-corrected chi connectivity index (χ1v) is 21.9. The molecule has 0 amide bonds. The van der Waals surface area contributed by atoms with Crippen LogP contribution in [0.15, 0.2) is 12.7 Å². The highest BCUT2D eigenvalue weighted by molar-refractivity contribution is 7.47. The Labute approximate surface area is 318 Å². The van der Waals surface area contributed by atoms with Crippen molar-refractivity contribution in [1.82, 2.24) is 0 Å². The third-order valence-corrected chi connectivity index (χ3v) is 10.7. The van der Waals surface area contributed by atoms with Gasteiger partial charge in [-0.15, -0.1) is 6.58 Å². The zero-order chi connectivity index (χ0) is 39.3. The zero-order valence-corrected chi connectivity index (χ0v) is 33.3. The van der Waals surface area contributed by atoms with Gasteiger partial charge in [0.1, 0.15) is 43.2 Å². The summed E-state index contributed by atoms with van der Waals surface area (Å²) in [4.78, 5) is 35.4. The Balaban J connectivity index is 2.47. The molecule has 0 aromatic carbocycles. The van der Waals surface area contributed by atoms with Crippen molar-refractivity contribution >= 4 is 19.8 Å². The highest BCUT2D eigenvalue weighted by Crippen LogP contribution is 2.47. The number of esters is 2. The van der Waals surface area contributed by atoms with E-state index in [1.54, 1.807) is 0 Å². The number of allylic oxidation sites excluding steroid dienone is 1. The van der Waals surface area contributed by atoms with Crippen LogP contribution in [0.3, 0.4) is 0 Å². The fourth-order valence-corrected chi connectivity index (χ4v) is 7.36. The van der Waals surface area contributed by atoms with Crippen molar-refractivity contribution in [3.8, 4) is 0 Å². The minimum atomic E-state index is -5.10. The van der Waals surface area contributed by atoms with Crippen molar-refractivity contribution in [2.45, 2.75) is 210 Å². The second-order valence-corrected chi connectivity index (χ2v) is 16.0. The maximum absolute atomic E-state index is 12.7. The van der Waals surface area contributed by atoms with Gasteiger partial charge in [0.25, 0.3) is 0 Å². The Morgan fingerprint density at radius 1 is 0.604 bits per heavy atom. The summed E-state index contributed by atoms with van der Waals surface area (Å²) in [7, 11) is -5.10. The van der Waals surface area contributed by atoms with Crippen molar-refractivity contribution in [2.24, 2.45) is 0 Å². The lowest BCUT2D eigenvalue weighted by Gasteiger charge is -2.41. The molecule has 53 heavy (non-hydrogen) atoms. The summed E-state index contributed by atoms with van der Waals surface area (Å²) in [6, 6.07) is 0. The van der Waals surface area contributed by atoms with Crippen LogP contribution in [0.5, 0.6) is 0 Å². The summed E-state index contributed by atoms with van der Waals surface area (Å²) in [5.41, 5.74) is 0. The Hall–Kier alpha value is -1.41. The van der Waals surface area contributed by atoms with Crippen molar-refractivity contribution < 1.29 is 63.1 Å². The molecule has 14 heteroatoms. The van der Waals surface area contributed by atoms with Crippen LogP contribution in [0, 0.1) is 0 Å². The van der Waals surface area contributed by atoms with E-state index in [2.05, 4.69) is 13.5 Å². The van der Waals surface area contributed by atoms with E-state index in [4.69, 9.17) is 18.5 Å². The lowest BCUT2D eigenvalue weighted by Crippen LogP contribution is -2.64. The third kappa shape index (κ3) is 24.0. The summed E-state index contributed by atoms with van der Waals surface area (Å²) < 4.78 is 33.3. The van der Waals surface area contributed by atoms with Gasteiger partial charge in [-0.25, -0.2) is 4.57 Å². The largest absolute Gasteiger partial charge is 0.472 e. The van der Waals surface area contributed by atoms with E-state index in [1.165, 1.54) is 83.5 Å². The molecule has 6 N–H and O–H groups in total. The monoisotopic (exact) mass is 780 g/mol. The average Bonchev–Trinajstić information content (AvgIpc) is 3.13. The third-order valence-electron chi connectivity index (χ3n) is 9.75. The fraction of sp³-hybridized carbons (Fsp3) is 0.897. The molecule has 1 fully saturated rings. The number of carbonyl (C=O) groups excluding carboxylic acids is 2. The van der Waals surface area contributed by atoms with E-state index >= 15 is 0 Å². The molecule has 13 nitrogen and oxygen atoms in total. The number of aliphatic hydroxyl groups is 5. The quantitative estimate of drug-likeness (QED) is 0.0174. The number of hydrogen-bond donors (Lipinski definition) is 6. The summed E-state index contributed by atoms with van der Waals surface area (Å²) in [5.74, 6) is -1.10. The van der Waals surface area contributed by atoms with Crippen LogP contribution >= 0.6 is 7.82 Å². The van der Waals surface area contributed by atoms with Gasteiger partial charge in [-0.1, -0.05) is 135 Å². The topological polar surface area (TPSA) is 210 Å². The molecule has 0 spiro atoms. The highest BCUT2D eigenvalue weighted by atomic mass is 31.2. The summed E-state index contributed by atoms with van der Waals surface area (Å²) in [6.45, 7) is 4.77. The standard InChI is InChI=1S/C39H73O13P/c1-3-5-7-9-11-13-14-15-16-17-18-20-21-23-25-27-32(40)49-29-31(51-33(41)28-26-24-22-19-12-10-8-6-4-2)30-50-53(47,48)52-39-37(45)35(43)34(42)36(44)38(39)46/h3,31,34-39,42-46H,1,4-30H2,2H3,(H,47,48)/t31-,34?,35-,36?,37?,38?,39?/m0/s1. The number of phosphoric acid groups is 1. The van der Waals surface area contributed by atoms with E-state index in [-0.39, 0.29) is 12.8 Å². The molecule has 312 valence electrons. The summed E-state index contributed by atoms with van der Waals surface area (Å²) in [6.07, 6.45) is 14.7. The minimum absolute atomic E-state index is 0.0998. The highest BCUT2D eigenvalue weighted by Gasteiger charge is 2.51. The summed E-state index contributed by atoms with van der Waals surface area (Å²) in [5, 5.41) is 49.9. The Morgan fingerprint density at radius 3 is 1.45 bits per heavy atom. The maximum Gasteiger partial charge on any atom is 0.472 e. The molecule has 6 unspecified atom stereocenters. The molecule has 8 atom stereocenters. The van der Waals surface area contributed by atoms with E-state index in [1.807, 2.05) is 6.08 Å². The zero-order valence-electron chi connectivity index (χ0n) is 32.4. The number of phosphoric ester groups is 1. The predicted molar refractivity (Wildman–Crippen MR) is 203 cm³/mol. The summed E-state index contributed by atoms with van der Waals surface area (Å²) >= 11 is 0. The molecule has 0 saturated heterocycles. The average molecular weight is 781 g/mol. The first kappa shape index (κ1) is 49.6. The van der Waals surface area contributed by atoms with Gasteiger partial charge >= 0.3 is 19.8 Å². The maximum atomic E-state index is 12.7. The van der Waals surface area contributed by atoms with E-state index in [0.29, 0.717) is 12.8 Å². The van der Waals surface area contributed by atoms with Gasteiger partial charge in [0, 0.05) is 12.8 Å². The van der Waals surface area contributed by atoms with E-state index in [0.717, 1.165) is 51.4 Å². The van der Waals surface area contributed by atoms with Crippen LogP contribution in [0.2, 0.25) is 0 Å². The van der Waals surface area contributed by atoms with Gasteiger partial charge in [-0.3, -0.25) is 18.6 Å². The first-order chi connectivity index (χ1) is 25.4. The van der Waals surface area contributed by atoms with Crippen LogP contribution < -0.4 is 0 Å². The van der Waals surface area contributed by atoms with Crippen LogP contribution in [-0.4, -0.2) is 98.3 Å². The fourth-order valence-electron chi connectivity index (χ4n) is 6.38. The number of unbranched alkanes of at least 4 members (excludes halogenated alkanes) is 21. The molecule has 0 aromatic rings. The van der Waals surface area contributed by atoms with E-state index < -0.39 is 75.7 Å². The van der Waals surface area contributed by atoms with Crippen molar-refractivity contribution in [1.29, 1.82) is 0 Å². The van der Waals surface area contributed by atoms with Crippen LogP contribution in [-0.2, 0) is 32.7 Å². The SMILES string of the molecule is C=CCCCCCCCCCCCCCCCC(=O)OC[C@@H](COP(=O)(O)OC1C(O)C(O)C(O)[C@H](O)C1O)OC(=O)CCCCCCCCCCC. The van der Waals surface area contributed by atoms with Crippen molar-refractivity contribution in [3.05, 3.63) is 12.7 Å². The first-order valence-electron chi connectivity index (χ1n) is 20.5.